The number of nitrogens with zero attached hydrogens (tertiary/aromatic N) is 1. The van der Waals surface area contributed by atoms with Crippen molar-refractivity contribution in [3.05, 3.63) is 23.8 Å². The van der Waals surface area contributed by atoms with E-state index in [0.717, 1.165) is 31.5 Å². The first-order valence-electron chi connectivity index (χ1n) is 7.22. The van der Waals surface area contributed by atoms with Gasteiger partial charge in [-0.3, -0.25) is 4.79 Å². The Hall–Kier alpha value is -1.42. The standard InChI is InChI=1S/C16H22ClNO3/c1-20-14-6-5-12(8-15(14)21-2)9-16(19)18-7-3-4-13(10-17)11-18/h5-6,8,13H,3-4,7,9-11H2,1-2H3. The Morgan fingerprint density at radius 1 is 1.33 bits per heavy atom. The fourth-order valence-electron chi connectivity index (χ4n) is 2.69. The Kier molecular flexibility index (Phi) is 5.74. The summed E-state index contributed by atoms with van der Waals surface area (Å²) in [7, 11) is 3.20. The van der Waals surface area contributed by atoms with Crippen LogP contribution in [-0.2, 0) is 11.2 Å². The zero-order valence-corrected chi connectivity index (χ0v) is 13.4. The van der Waals surface area contributed by atoms with E-state index in [1.165, 1.54) is 0 Å². The maximum absolute atomic E-state index is 12.4. The maximum Gasteiger partial charge on any atom is 0.227 e. The van der Waals surface area contributed by atoms with Crippen LogP contribution < -0.4 is 9.47 Å². The van der Waals surface area contributed by atoms with Gasteiger partial charge in [-0.05, 0) is 36.5 Å². The van der Waals surface area contributed by atoms with Crippen molar-refractivity contribution in [2.75, 3.05) is 33.2 Å². The number of carbonyl (C=O) groups excluding carboxylic acids is 1. The molecule has 1 fully saturated rings. The Morgan fingerprint density at radius 3 is 2.76 bits per heavy atom. The molecular weight excluding hydrogens is 290 g/mol. The van der Waals surface area contributed by atoms with E-state index in [9.17, 15) is 4.79 Å². The number of hydrogen-bond acceptors (Lipinski definition) is 3. The molecule has 0 bridgehead atoms. The van der Waals surface area contributed by atoms with E-state index in [-0.39, 0.29) is 5.91 Å². The first-order valence-corrected chi connectivity index (χ1v) is 7.76. The summed E-state index contributed by atoms with van der Waals surface area (Å²) in [6.07, 6.45) is 2.54. The van der Waals surface area contributed by atoms with Crippen LogP contribution in [0.1, 0.15) is 18.4 Å². The van der Waals surface area contributed by atoms with E-state index in [2.05, 4.69) is 0 Å². The SMILES string of the molecule is COc1ccc(CC(=O)N2CCCC(CCl)C2)cc1OC. The van der Waals surface area contributed by atoms with Crippen LogP contribution in [0.25, 0.3) is 0 Å². The molecule has 1 aliphatic heterocycles. The summed E-state index contributed by atoms with van der Waals surface area (Å²) in [5, 5.41) is 0. The van der Waals surface area contributed by atoms with Crippen LogP contribution >= 0.6 is 11.6 Å². The lowest BCUT2D eigenvalue weighted by atomic mass is 9.99. The number of piperidine rings is 1. The minimum Gasteiger partial charge on any atom is -0.493 e. The monoisotopic (exact) mass is 311 g/mol. The largest absolute Gasteiger partial charge is 0.493 e. The second kappa shape index (κ2) is 7.55. The first kappa shape index (κ1) is 16.0. The number of methoxy groups -OCH3 is 2. The lowest BCUT2D eigenvalue weighted by Crippen LogP contribution is -2.41. The molecule has 1 aromatic carbocycles. The highest BCUT2D eigenvalue weighted by molar-refractivity contribution is 6.18. The van der Waals surface area contributed by atoms with E-state index < -0.39 is 0 Å². The molecule has 5 heteroatoms. The van der Waals surface area contributed by atoms with Gasteiger partial charge in [0.05, 0.1) is 20.6 Å². The molecule has 0 N–H and O–H groups in total. The second-order valence-electron chi connectivity index (χ2n) is 5.37. The Labute approximate surface area is 131 Å². The number of halogens is 1. The van der Waals surface area contributed by atoms with Gasteiger partial charge in [0, 0.05) is 19.0 Å². The molecule has 1 atom stereocenters. The molecule has 0 saturated carbocycles. The van der Waals surface area contributed by atoms with Crippen molar-refractivity contribution in [1.82, 2.24) is 4.90 Å². The van der Waals surface area contributed by atoms with E-state index in [1.54, 1.807) is 14.2 Å². The summed E-state index contributed by atoms with van der Waals surface area (Å²) >= 11 is 5.92. The van der Waals surface area contributed by atoms with Gasteiger partial charge in [0.1, 0.15) is 0 Å². The van der Waals surface area contributed by atoms with Crippen molar-refractivity contribution in [2.24, 2.45) is 5.92 Å². The predicted octanol–water partition coefficient (Wildman–Crippen LogP) is 2.72. The van der Waals surface area contributed by atoms with Crippen LogP contribution in [0.5, 0.6) is 11.5 Å². The Bertz CT molecular complexity index is 492. The summed E-state index contributed by atoms with van der Waals surface area (Å²) in [6.45, 7) is 1.61. The molecule has 21 heavy (non-hydrogen) atoms. The van der Waals surface area contributed by atoms with Crippen LogP contribution in [0.15, 0.2) is 18.2 Å². The van der Waals surface area contributed by atoms with Crippen LogP contribution in [0, 0.1) is 5.92 Å². The van der Waals surface area contributed by atoms with Gasteiger partial charge in [-0.2, -0.15) is 0 Å². The first-order chi connectivity index (χ1) is 10.2. The second-order valence-corrected chi connectivity index (χ2v) is 5.68. The van der Waals surface area contributed by atoms with Gasteiger partial charge >= 0.3 is 0 Å². The van der Waals surface area contributed by atoms with Crippen molar-refractivity contribution >= 4 is 17.5 Å². The zero-order chi connectivity index (χ0) is 15.2. The molecule has 1 aromatic rings. The molecule has 1 unspecified atom stereocenters. The number of amides is 1. The number of likely N-dealkylation sites (tertiary alicyclic amines) is 1. The molecule has 0 aromatic heterocycles. The number of carbonyl (C=O) groups is 1. The third kappa shape index (κ3) is 4.03. The van der Waals surface area contributed by atoms with E-state index in [4.69, 9.17) is 21.1 Å². The zero-order valence-electron chi connectivity index (χ0n) is 12.6. The fraction of sp³-hybridized carbons (Fsp3) is 0.562. The fourth-order valence-corrected chi connectivity index (χ4v) is 2.95. The molecule has 2 rings (SSSR count). The highest BCUT2D eigenvalue weighted by Crippen LogP contribution is 2.28. The average Bonchev–Trinajstić information content (AvgIpc) is 2.54. The van der Waals surface area contributed by atoms with E-state index in [1.807, 2.05) is 23.1 Å². The van der Waals surface area contributed by atoms with Gasteiger partial charge in [-0.1, -0.05) is 6.07 Å². The minimum atomic E-state index is 0.150. The molecule has 116 valence electrons. The van der Waals surface area contributed by atoms with Gasteiger partial charge < -0.3 is 14.4 Å². The van der Waals surface area contributed by atoms with Crippen molar-refractivity contribution in [1.29, 1.82) is 0 Å². The number of benzene rings is 1. The van der Waals surface area contributed by atoms with Crippen LogP contribution in [0.4, 0.5) is 0 Å². The highest BCUT2D eigenvalue weighted by Gasteiger charge is 2.23. The van der Waals surface area contributed by atoms with Crippen molar-refractivity contribution < 1.29 is 14.3 Å². The summed E-state index contributed by atoms with van der Waals surface area (Å²) in [5.74, 6) is 2.53. The molecule has 0 radical (unpaired) electrons. The van der Waals surface area contributed by atoms with Crippen molar-refractivity contribution in [2.45, 2.75) is 19.3 Å². The number of alkyl halides is 1. The van der Waals surface area contributed by atoms with Crippen LogP contribution in [0.2, 0.25) is 0 Å². The summed E-state index contributed by atoms with van der Waals surface area (Å²) in [6, 6.07) is 5.60. The molecule has 0 aliphatic carbocycles. The Morgan fingerprint density at radius 2 is 2.10 bits per heavy atom. The smallest absolute Gasteiger partial charge is 0.227 e. The van der Waals surface area contributed by atoms with Crippen molar-refractivity contribution in [3.8, 4) is 11.5 Å². The molecule has 0 spiro atoms. The molecular formula is C16H22ClNO3. The van der Waals surface area contributed by atoms with Gasteiger partial charge in [-0.15, -0.1) is 11.6 Å². The summed E-state index contributed by atoms with van der Waals surface area (Å²) in [5.41, 5.74) is 0.936. The molecule has 1 aliphatic rings. The number of hydrogen-bond donors (Lipinski definition) is 0. The molecule has 1 amide bonds. The molecule has 1 heterocycles. The lowest BCUT2D eigenvalue weighted by molar-refractivity contribution is -0.132. The molecule has 1 saturated heterocycles. The Balaban J connectivity index is 2.02. The topological polar surface area (TPSA) is 38.8 Å². The summed E-state index contributed by atoms with van der Waals surface area (Å²) in [4.78, 5) is 14.3. The quantitative estimate of drug-likeness (QED) is 0.785. The van der Waals surface area contributed by atoms with Gasteiger partial charge in [0.25, 0.3) is 0 Å². The number of rotatable bonds is 5. The van der Waals surface area contributed by atoms with Crippen LogP contribution in [-0.4, -0.2) is 44.0 Å². The normalized spacial score (nSPS) is 18.4. The van der Waals surface area contributed by atoms with E-state index >= 15 is 0 Å². The lowest BCUT2D eigenvalue weighted by Gasteiger charge is -2.32. The molecule has 4 nitrogen and oxygen atoms in total. The van der Waals surface area contributed by atoms with Gasteiger partial charge in [0.15, 0.2) is 11.5 Å². The average molecular weight is 312 g/mol. The minimum absolute atomic E-state index is 0.150. The van der Waals surface area contributed by atoms with E-state index in [0.29, 0.717) is 29.7 Å². The van der Waals surface area contributed by atoms with Crippen LogP contribution in [0.3, 0.4) is 0 Å². The highest BCUT2D eigenvalue weighted by atomic mass is 35.5. The third-order valence-corrected chi connectivity index (χ3v) is 4.33. The number of ether oxygens (including phenoxy) is 2. The predicted molar refractivity (Wildman–Crippen MR) is 83.3 cm³/mol. The maximum atomic E-state index is 12.4. The third-order valence-electron chi connectivity index (χ3n) is 3.89. The van der Waals surface area contributed by atoms with Crippen molar-refractivity contribution in [3.63, 3.8) is 0 Å². The van der Waals surface area contributed by atoms with Gasteiger partial charge in [-0.25, -0.2) is 0 Å². The summed E-state index contributed by atoms with van der Waals surface area (Å²) < 4.78 is 10.5. The van der Waals surface area contributed by atoms with Gasteiger partial charge in [0.2, 0.25) is 5.91 Å².